The highest BCUT2D eigenvalue weighted by Crippen LogP contribution is 2.36. The Balaban J connectivity index is 2.04. The summed E-state index contributed by atoms with van der Waals surface area (Å²) in [6, 6.07) is 1.47. The van der Waals surface area contributed by atoms with Gasteiger partial charge in [-0.15, -0.1) is 0 Å². The molecule has 2 rings (SSSR count). The van der Waals surface area contributed by atoms with Gasteiger partial charge in [0.1, 0.15) is 0 Å². The van der Waals surface area contributed by atoms with Gasteiger partial charge in [-0.25, -0.2) is 0 Å². The Morgan fingerprint density at radius 1 is 1.25 bits per heavy atom. The van der Waals surface area contributed by atoms with Gasteiger partial charge in [0.15, 0.2) is 0 Å². The van der Waals surface area contributed by atoms with Crippen LogP contribution in [0, 0.1) is 5.92 Å². The Morgan fingerprint density at radius 3 is 2.38 bits per heavy atom. The third-order valence-corrected chi connectivity index (χ3v) is 5.01. The van der Waals surface area contributed by atoms with Crippen LogP contribution in [0.5, 0.6) is 0 Å². The highest BCUT2D eigenvalue weighted by molar-refractivity contribution is 4.98. The van der Waals surface area contributed by atoms with Gasteiger partial charge in [-0.3, -0.25) is 4.90 Å². The first kappa shape index (κ1) is 12.4. The molecule has 16 heavy (non-hydrogen) atoms. The average molecular weight is 224 g/mol. The van der Waals surface area contributed by atoms with Crippen LogP contribution in [0.25, 0.3) is 0 Å². The summed E-state index contributed by atoms with van der Waals surface area (Å²) in [6.07, 6.45) is 5.44. The molecule has 0 aromatic rings. The average Bonchev–Trinajstić information content (AvgIpc) is 3.13. The second-order valence-corrected chi connectivity index (χ2v) is 6.06. The van der Waals surface area contributed by atoms with Gasteiger partial charge < -0.3 is 5.32 Å². The molecule has 1 saturated heterocycles. The Hall–Kier alpha value is -0.0800. The molecular weight excluding hydrogens is 196 g/mol. The molecule has 2 fully saturated rings. The maximum Gasteiger partial charge on any atom is 0.0224 e. The van der Waals surface area contributed by atoms with Crippen molar-refractivity contribution in [3.05, 3.63) is 0 Å². The Labute approximate surface area is 101 Å². The number of rotatable bonds is 4. The molecule has 1 N–H and O–H groups in total. The van der Waals surface area contributed by atoms with Crippen molar-refractivity contribution in [3.8, 4) is 0 Å². The van der Waals surface area contributed by atoms with Crippen LogP contribution in [0.2, 0.25) is 0 Å². The van der Waals surface area contributed by atoms with E-state index >= 15 is 0 Å². The molecule has 1 aliphatic heterocycles. The summed E-state index contributed by atoms with van der Waals surface area (Å²) in [4.78, 5) is 2.77. The molecule has 94 valence electrons. The Morgan fingerprint density at radius 2 is 1.88 bits per heavy atom. The number of piperazine rings is 1. The van der Waals surface area contributed by atoms with Gasteiger partial charge in [0, 0.05) is 30.7 Å². The zero-order valence-corrected chi connectivity index (χ0v) is 11.4. The predicted molar refractivity (Wildman–Crippen MR) is 69.7 cm³/mol. The first-order chi connectivity index (χ1) is 7.60. The molecular formula is C14H28N2. The highest BCUT2D eigenvalue weighted by Gasteiger charge is 2.40. The molecule has 2 aliphatic rings. The summed E-state index contributed by atoms with van der Waals surface area (Å²) >= 11 is 0. The van der Waals surface area contributed by atoms with Crippen molar-refractivity contribution in [2.24, 2.45) is 5.92 Å². The largest absolute Gasteiger partial charge is 0.311 e. The van der Waals surface area contributed by atoms with Gasteiger partial charge in [0.05, 0.1) is 0 Å². The lowest BCUT2D eigenvalue weighted by Crippen LogP contribution is -2.62. The molecule has 2 nitrogen and oxygen atoms in total. The van der Waals surface area contributed by atoms with E-state index in [4.69, 9.17) is 0 Å². The third-order valence-electron chi connectivity index (χ3n) is 5.01. The van der Waals surface area contributed by atoms with E-state index in [1.807, 2.05) is 0 Å². The van der Waals surface area contributed by atoms with Crippen molar-refractivity contribution in [2.75, 3.05) is 13.1 Å². The van der Waals surface area contributed by atoms with Crippen LogP contribution in [0.15, 0.2) is 0 Å². The van der Waals surface area contributed by atoms with Crippen LogP contribution in [-0.4, -0.2) is 35.6 Å². The summed E-state index contributed by atoms with van der Waals surface area (Å²) < 4.78 is 0. The fraction of sp³-hybridized carbons (Fsp3) is 1.00. The van der Waals surface area contributed by atoms with Crippen molar-refractivity contribution in [1.82, 2.24) is 10.2 Å². The van der Waals surface area contributed by atoms with Crippen molar-refractivity contribution in [2.45, 2.75) is 71.0 Å². The highest BCUT2D eigenvalue weighted by atomic mass is 15.3. The molecule has 0 aromatic heterocycles. The van der Waals surface area contributed by atoms with Gasteiger partial charge in [0.25, 0.3) is 0 Å². The van der Waals surface area contributed by atoms with E-state index in [1.165, 1.54) is 38.8 Å². The lowest BCUT2D eigenvalue weighted by Gasteiger charge is -2.49. The molecule has 0 aromatic carbocycles. The predicted octanol–water partition coefficient (Wildman–Crippen LogP) is 2.64. The fourth-order valence-corrected chi connectivity index (χ4v) is 3.11. The Bertz CT molecular complexity index is 231. The third kappa shape index (κ3) is 2.28. The molecule has 0 radical (unpaired) electrons. The van der Waals surface area contributed by atoms with E-state index in [2.05, 4.69) is 37.9 Å². The maximum atomic E-state index is 3.74. The van der Waals surface area contributed by atoms with Gasteiger partial charge in [-0.05, 0) is 45.4 Å². The second-order valence-electron chi connectivity index (χ2n) is 6.06. The molecule has 2 atom stereocenters. The molecule has 0 bridgehead atoms. The van der Waals surface area contributed by atoms with Gasteiger partial charge in [-0.2, -0.15) is 0 Å². The summed E-state index contributed by atoms with van der Waals surface area (Å²) in [5, 5.41) is 3.74. The number of nitrogens with one attached hydrogen (secondary N) is 1. The van der Waals surface area contributed by atoms with E-state index in [0.717, 1.165) is 12.0 Å². The zero-order valence-electron chi connectivity index (χ0n) is 11.4. The van der Waals surface area contributed by atoms with Crippen LogP contribution in [0.1, 0.15) is 53.4 Å². The number of nitrogens with zero attached hydrogens (tertiary/aromatic N) is 1. The van der Waals surface area contributed by atoms with E-state index < -0.39 is 0 Å². The Kier molecular flexibility index (Phi) is 3.60. The van der Waals surface area contributed by atoms with Crippen LogP contribution in [0.4, 0.5) is 0 Å². The van der Waals surface area contributed by atoms with E-state index in [9.17, 15) is 0 Å². The SMILES string of the molecule is CCC(C)(CC)N1CC(C2CC2)NCC1C. The van der Waals surface area contributed by atoms with Gasteiger partial charge in [-0.1, -0.05) is 13.8 Å². The van der Waals surface area contributed by atoms with Crippen molar-refractivity contribution in [1.29, 1.82) is 0 Å². The van der Waals surface area contributed by atoms with Gasteiger partial charge >= 0.3 is 0 Å². The van der Waals surface area contributed by atoms with Crippen molar-refractivity contribution >= 4 is 0 Å². The topological polar surface area (TPSA) is 15.3 Å². The summed E-state index contributed by atoms with van der Waals surface area (Å²) in [7, 11) is 0. The molecule has 1 aliphatic carbocycles. The van der Waals surface area contributed by atoms with E-state index in [0.29, 0.717) is 11.6 Å². The van der Waals surface area contributed by atoms with Crippen LogP contribution < -0.4 is 5.32 Å². The smallest absolute Gasteiger partial charge is 0.0224 e. The first-order valence-electron chi connectivity index (χ1n) is 7.11. The summed E-state index contributed by atoms with van der Waals surface area (Å²) in [5.41, 5.74) is 0.411. The zero-order chi connectivity index (χ0) is 11.8. The summed E-state index contributed by atoms with van der Waals surface area (Å²) in [5.74, 6) is 0.980. The fourth-order valence-electron chi connectivity index (χ4n) is 3.11. The molecule has 0 spiro atoms. The quantitative estimate of drug-likeness (QED) is 0.790. The first-order valence-corrected chi connectivity index (χ1v) is 7.11. The summed E-state index contributed by atoms with van der Waals surface area (Å²) in [6.45, 7) is 11.9. The molecule has 2 heteroatoms. The monoisotopic (exact) mass is 224 g/mol. The molecule has 1 saturated carbocycles. The minimum Gasteiger partial charge on any atom is -0.311 e. The lowest BCUT2D eigenvalue weighted by atomic mass is 9.89. The maximum absolute atomic E-state index is 3.74. The van der Waals surface area contributed by atoms with Crippen LogP contribution >= 0.6 is 0 Å². The van der Waals surface area contributed by atoms with Crippen LogP contribution in [-0.2, 0) is 0 Å². The van der Waals surface area contributed by atoms with Gasteiger partial charge in [0.2, 0.25) is 0 Å². The minimum atomic E-state index is 0.411. The van der Waals surface area contributed by atoms with Crippen molar-refractivity contribution in [3.63, 3.8) is 0 Å². The molecule has 2 unspecified atom stereocenters. The molecule has 0 amide bonds. The second kappa shape index (κ2) is 4.66. The number of hydrogen-bond acceptors (Lipinski definition) is 2. The normalized spacial score (nSPS) is 33.0. The molecule has 1 heterocycles. The number of hydrogen-bond donors (Lipinski definition) is 1. The van der Waals surface area contributed by atoms with E-state index in [-0.39, 0.29) is 0 Å². The minimum absolute atomic E-state index is 0.411. The van der Waals surface area contributed by atoms with E-state index in [1.54, 1.807) is 0 Å². The van der Waals surface area contributed by atoms with Crippen LogP contribution in [0.3, 0.4) is 0 Å². The van der Waals surface area contributed by atoms with Crippen molar-refractivity contribution < 1.29 is 0 Å². The standard InChI is InChI=1S/C14H28N2/c1-5-14(4,6-2)16-10-13(12-7-8-12)15-9-11(16)3/h11-13,15H,5-10H2,1-4H3. The lowest BCUT2D eigenvalue weighted by molar-refractivity contribution is 0.0180.